The second kappa shape index (κ2) is 8.03. The van der Waals surface area contributed by atoms with Crippen LogP contribution in [0.25, 0.3) is 0 Å². The minimum atomic E-state index is -0.0206. The molecule has 0 saturated carbocycles. The number of benzene rings is 1. The summed E-state index contributed by atoms with van der Waals surface area (Å²) in [4.78, 5) is 17.5. The molecular weight excluding hydrogens is 348 g/mol. The first-order valence-corrected chi connectivity index (χ1v) is 10.7. The van der Waals surface area contributed by atoms with E-state index in [0.717, 1.165) is 45.0 Å². The Balaban J connectivity index is 1.70. The van der Waals surface area contributed by atoms with Crippen LogP contribution in [0.15, 0.2) is 18.2 Å². The number of amides is 2. The fourth-order valence-corrected chi connectivity index (χ4v) is 4.20. The van der Waals surface area contributed by atoms with Gasteiger partial charge in [-0.05, 0) is 41.0 Å². The van der Waals surface area contributed by atoms with Gasteiger partial charge in [-0.15, -0.1) is 0 Å². The van der Waals surface area contributed by atoms with Crippen molar-refractivity contribution in [1.29, 1.82) is 0 Å². The SMILES string of the molecule is CC(C)(C)c1ccc(C(C)(C)C)c(NC(=O)N2CCN([C@@H]3CCNC3)CC2)c1. The van der Waals surface area contributed by atoms with Crippen LogP contribution >= 0.6 is 0 Å². The maximum Gasteiger partial charge on any atom is 0.321 e. The van der Waals surface area contributed by atoms with Crippen molar-refractivity contribution in [3.63, 3.8) is 0 Å². The zero-order valence-corrected chi connectivity index (χ0v) is 18.6. The topological polar surface area (TPSA) is 47.6 Å². The average molecular weight is 387 g/mol. The molecule has 2 amide bonds. The maximum absolute atomic E-state index is 13.0. The first-order valence-electron chi connectivity index (χ1n) is 10.7. The van der Waals surface area contributed by atoms with Gasteiger partial charge in [0.1, 0.15) is 0 Å². The molecule has 0 unspecified atom stereocenters. The Labute approximate surface area is 170 Å². The van der Waals surface area contributed by atoms with Gasteiger partial charge in [0.15, 0.2) is 0 Å². The summed E-state index contributed by atoms with van der Waals surface area (Å²) in [5.74, 6) is 0. The minimum absolute atomic E-state index is 0.0206. The van der Waals surface area contributed by atoms with Crippen molar-refractivity contribution < 1.29 is 4.79 Å². The van der Waals surface area contributed by atoms with Crippen LogP contribution in [0.1, 0.15) is 59.1 Å². The molecule has 0 spiro atoms. The van der Waals surface area contributed by atoms with E-state index in [0.29, 0.717) is 6.04 Å². The first-order chi connectivity index (χ1) is 13.1. The van der Waals surface area contributed by atoms with E-state index in [1.54, 1.807) is 0 Å². The lowest BCUT2D eigenvalue weighted by Crippen LogP contribution is -2.53. The molecule has 1 aromatic carbocycles. The Morgan fingerprint density at radius 2 is 1.71 bits per heavy atom. The van der Waals surface area contributed by atoms with Crippen molar-refractivity contribution in [3.05, 3.63) is 29.3 Å². The molecule has 0 aliphatic carbocycles. The summed E-state index contributed by atoms with van der Waals surface area (Å²) in [5.41, 5.74) is 3.41. The lowest BCUT2D eigenvalue weighted by molar-refractivity contribution is 0.119. The van der Waals surface area contributed by atoms with Crippen molar-refractivity contribution >= 4 is 11.7 Å². The van der Waals surface area contributed by atoms with Crippen LogP contribution in [-0.2, 0) is 10.8 Å². The number of nitrogens with zero attached hydrogens (tertiary/aromatic N) is 2. The molecule has 2 saturated heterocycles. The summed E-state index contributed by atoms with van der Waals surface area (Å²) in [5, 5.41) is 6.68. The van der Waals surface area contributed by atoms with Crippen LogP contribution in [0, 0.1) is 0 Å². The molecule has 0 radical (unpaired) electrons. The molecule has 0 aromatic heterocycles. The van der Waals surface area contributed by atoms with Gasteiger partial charge in [0.2, 0.25) is 0 Å². The highest BCUT2D eigenvalue weighted by atomic mass is 16.2. The quantitative estimate of drug-likeness (QED) is 0.813. The van der Waals surface area contributed by atoms with E-state index in [9.17, 15) is 4.79 Å². The molecule has 2 aliphatic heterocycles. The van der Waals surface area contributed by atoms with Gasteiger partial charge in [-0.2, -0.15) is 0 Å². The Morgan fingerprint density at radius 3 is 2.25 bits per heavy atom. The summed E-state index contributed by atoms with van der Waals surface area (Å²) >= 11 is 0. The predicted octanol–water partition coefficient (Wildman–Crippen LogP) is 3.79. The van der Waals surface area contributed by atoms with Gasteiger partial charge in [-0.3, -0.25) is 4.90 Å². The average Bonchev–Trinajstić information content (AvgIpc) is 3.14. The number of rotatable bonds is 2. The third-order valence-electron chi connectivity index (χ3n) is 6.09. The number of carbonyl (C=O) groups excluding carboxylic acids is 1. The van der Waals surface area contributed by atoms with E-state index in [1.807, 2.05) is 4.90 Å². The van der Waals surface area contributed by atoms with Gasteiger partial charge < -0.3 is 15.5 Å². The van der Waals surface area contributed by atoms with Crippen molar-refractivity contribution in [2.75, 3.05) is 44.6 Å². The molecular formula is C23H38N4O. The van der Waals surface area contributed by atoms with Crippen LogP contribution in [0.2, 0.25) is 0 Å². The number of urea groups is 1. The monoisotopic (exact) mass is 386 g/mol. The molecule has 28 heavy (non-hydrogen) atoms. The smallest absolute Gasteiger partial charge is 0.321 e. The number of anilines is 1. The standard InChI is InChI=1S/C23H38N4O/c1-22(2,3)17-7-8-19(23(4,5)6)20(15-17)25-21(28)27-13-11-26(12-14-27)18-9-10-24-16-18/h7-8,15,18,24H,9-14,16H2,1-6H3,(H,25,28)/t18-/m1/s1. The van der Waals surface area contributed by atoms with E-state index in [1.165, 1.54) is 17.5 Å². The molecule has 0 bridgehead atoms. The van der Waals surface area contributed by atoms with Crippen molar-refractivity contribution in [2.45, 2.75) is 64.8 Å². The molecule has 2 N–H and O–H groups in total. The Bertz CT molecular complexity index is 688. The number of piperazine rings is 1. The molecule has 156 valence electrons. The van der Waals surface area contributed by atoms with E-state index in [-0.39, 0.29) is 16.9 Å². The molecule has 1 atom stereocenters. The fraction of sp³-hybridized carbons (Fsp3) is 0.696. The summed E-state index contributed by atoms with van der Waals surface area (Å²) < 4.78 is 0. The van der Waals surface area contributed by atoms with Gasteiger partial charge in [0.25, 0.3) is 0 Å². The van der Waals surface area contributed by atoms with E-state index in [4.69, 9.17) is 0 Å². The van der Waals surface area contributed by atoms with Gasteiger partial charge in [-0.1, -0.05) is 53.7 Å². The van der Waals surface area contributed by atoms with Crippen molar-refractivity contribution in [1.82, 2.24) is 15.1 Å². The van der Waals surface area contributed by atoms with Gasteiger partial charge >= 0.3 is 6.03 Å². The van der Waals surface area contributed by atoms with Crippen molar-refractivity contribution in [2.24, 2.45) is 0 Å². The molecule has 1 aromatic rings. The number of hydrogen-bond donors (Lipinski definition) is 2. The highest BCUT2D eigenvalue weighted by molar-refractivity contribution is 5.90. The number of nitrogens with one attached hydrogen (secondary N) is 2. The van der Waals surface area contributed by atoms with Crippen LogP contribution < -0.4 is 10.6 Å². The van der Waals surface area contributed by atoms with Crippen LogP contribution in [0.3, 0.4) is 0 Å². The lowest BCUT2D eigenvalue weighted by atomic mass is 9.81. The summed E-state index contributed by atoms with van der Waals surface area (Å²) in [7, 11) is 0. The molecule has 2 aliphatic rings. The third-order valence-corrected chi connectivity index (χ3v) is 6.09. The Morgan fingerprint density at radius 1 is 1.04 bits per heavy atom. The minimum Gasteiger partial charge on any atom is -0.322 e. The van der Waals surface area contributed by atoms with E-state index < -0.39 is 0 Å². The first kappa shape index (κ1) is 21.1. The maximum atomic E-state index is 13.0. The second-order valence-corrected chi connectivity index (χ2v) is 10.4. The van der Waals surface area contributed by atoms with E-state index in [2.05, 4.69) is 75.3 Å². The largest absolute Gasteiger partial charge is 0.322 e. The number of carbonyl (C=O) groups is 1. The number of hydrogen-bond acceptors (Lipinski definition) is 3. The van der Waals surface area contributed by atoms with E-state index >= 15 is 0 Å². The van der Waals surface area contributed by atoms with Gasteiger partial charge in [0, 0.05) is 44.5 Å². The summed E-state index contributed by atoms with van der Waals surface area (Å²) in [6.45, 7) is 19.0. The normalized spacial score (nSPS) is 21.8. The fourth-order valence-electron chi connectivity index (χ4n) is 4.20. The van der Waals surface area contributed by atoms with Crippen LogP contribution in [0.5, 0.6) is 0 Å². The Hall–Kier alpha value is -1.59. The predicted molar refractivity (Wildman–Crippen MR) is 117 cm³/mol. The highest BCUT2D eigenvalue weighted by Gasteiger charge is 2.29. The molecule has 3 rings (SSSR count). The van der Waals surface area contributed by atoms with Crippen LogP contribution in [0.4, 0.5) is 10.5 Å². The Kier molecular flexibility index (Phi) is 6.06. The molecule has 5 nitrogen and oxygen atoms in total. The zero-order chi connectivity index (χ0) is 20.5. The third kappa shape index (κ3) is 4.87. The zero-order valence-electron chi connectivity index (χ0n) is 18.6. The second-order valence-electron chi connectivity index (χ2n) is 10.4. The molecule has 2 heterocycles. The van der Waals surface area contributed by atoms with Gasteiger partial charge in [0.05, 0.1) is 0 Å². The summed E-state index contributed by atoms with van der Waals surface area (Å²) in [6, 6.07) is 7.21. The molecule has 2 fully saturated rings. The van der Waals surface area contributed by atoms with Crippen molar-refractivity contribution in [3.8, 4) is 0 Å². The van der Waals surface area contributed by atoms with Crippen LogP contribution in [-0.4, -0.2) is 61.1 Å². The van der Waals surface area contributed by atoms with Gasteiger partial charge in [-0.25, -0.2) is 4.79 Å². The molecule has 5 heteroatoms. The summed E-state index contributed by atoms with van der Waals surface area (Å²) in [6.07, 6.45) is 1.22. The lowest BCUT2D eigenvalue weighted by Gasteiger charge is -2.38. The highest BCUT2D eigenvalue weighted by Crippen LogP contribution is 2.34.